The van der Waals surface area contributed by atoms with E-state index in [1.807, 2.05) is 0 Å². The molecule has 1 amide bonds. The second-order valence-corrected chi connectivity index (χ2v) is 9.81. The minimum Gasteiger partial charge on any atom is -0.379 e. The molecular weight excluding hydrogens is 493 g/mol. The molecule has 1 atom stereocenters. The summed E-state index contributed by atoms with van der Waals surface area (Å²) >= 11 is 1.15. The van der Waals surface area contributed by atoms with E-state index in [9.17, 15) is 22.8 Å². The van der Waals surface area contributed by atoms with Crippen LogP contribution in [0.15, 0.2) is 58.5 Å². The summed E-state index contributed by atoms with van der Waals surface area (Å²) in [6, 6.07) is 11.4. The van der Waals surface area contributed by atoms with E-state index in [1.54, 1.807) is 35.8 Å². The van der Waals surface area contributed by atoms with Gasteiger partial charge in [0.2, 0.25) is 5.91 Å². The number of hydrogen-bond acceptors (Lipinski definition) is 6. The number of morpholine rings is 1. The largest absolute Gasteiger partial charge is 0.416 e. The minimum atomic E-state index is -4.45. The van der Waals surface area contributed by atoms with E-state index in [1.165, 1.54) is 12.1 Å². The molecule has 0 radical (unpaired) electrons. The number of nitrogens with zero attached hydrogens (tertiary/aromatic N) is 3. The Hall–Kier alpha value is -2.89. The Morgan fingerprint density at radius 3 is 2.50 bits per heavy atom. The lowest BCUT2D eigenvalue weighted by Gasteiger charge is -2.26. The number of rotatable bonds is 8. The van der Waals surface area contributed by atoms with Crippen molar-refractivity contribution in [1.82, 2.24) is 14.5 Å². The van der Waals surface area contributed by atoms with Crippen LogP contribution in [-0.2, 0) is 22.3 Å². The van der Waals surface area contributed by atoms with Gasteiger partial charge in [0.25, 0.3) is 5.56 Å². The summed E-state index contributed by atoms with van der Waals surface area (Å²) in [6.45, 7) is 6.04. The fourth-order valence-electron chi connectivity index (χ4n) is 3.91. The summed E-state index contributed by atoms with van der Waals surface area (Å²) in [7, 11) is 0. The molecule has 192 valence electrons. The zero-order valence-corrected chi connectivity index (χ0v) is 20.6. The van der Waals surface area contributed by atoms with Gasteiger partial charge < -0.3 is 10.1 Å². The highest BCUT2D eigenvalue weighted by Gasteiger charge is 2.30. The van der Waals surface area contributed by atoms with E-state index >= 15 is 0 Å². The highest BCUT2D eigenvalue weighted by atomic mass is 32.2. The maximum Gasteiger partial charge on any atom is 0.416 e. The van der Waals surface area contributed by atoms with E-state index in [2.05, 4.69) is 15.2 Å². The van der Waals surface area contributed by atoms with Gasteiger partial charge in [-0.15, -0.1) is 0 Å². The first-order valence-electron chi connectivity index (χ1n) is 11.7. The summed E-state index contributed by atoms with van der Waals surface area (Å²) in [5.74, 6) is -0.401. The van der Waals surface area contributed by atoms with E-state index in [0.717, 1.165) is 49.9 Å². The van der Waals surface area contributed by atoms with Crippen LogP contribution in [0.3, 0.4) is 0 Å². The molecule has 1 aliphatic heterocycles. The molecule has 2 heterocycles. The standard InChI is InChI=1S/C25H27F3N4O3S/c1-17(22(33)29-19-9-7-18(8-10-19)25(26,27)28)36-24-30-21-6-3-2-5-20(21)23(34)32(24)12-4-11-31-13-15-35-16-14-31/h2-3,5-10,17H,4,11-16H2,1H3,(H,29,33)/t17-/m0/s1. The Bertz CT molecular complexity index is 1260. The molecule has 1 N–H and O–H groups in total. The molecule has 1 aliphatic rings. The number of aromatic nitrogens is 2. The van der Waals surface area contributed by atoms with Crippen LogP contribution >= 0.6 is 11.8 Å². The number of nitrogens with one attached hydrogen (secondary N) is 1. The average Bonchev–Trinajstić information content (AvgIpc) is 2.86. The van der Waals surface area contributed by atoms with Crippen LogP contribution in [0.2, 0.25) is 0 Å². The lowest BCUT2D eigenvalue weighted by Crippen LogP contribution is -2.37. The fraction of sp³-hybridized carbons (Fsp3) is 0.400. The number of alkyl halides is 3. The summed E-state index contributed by atoms with van der Waals surface area (Å²) in [6.07, 6.45) is -3.71. The first-order chi connectivity index (χ1) is 17.2. The van der Waals surface area contributed by atoms with Crippen molar-refractivity contribution in [2.75, 3.05) is 38.2 Å². The topological polar surface area (TPSA) is 76.5 Å². The number of thioether (sulfide) groups is 1. The maximum atomic E-state index is 13.3. The zero-order valence-electron chi connectivity index (χ0n) is 19.8. The van der Waals surface area contributed by atoms with E-state index in [-0.39, 0.29) is 11.2 Å². The minimum absolute atomic E-state index is 0.166. The van der Waals surface area contributed by atoms with Crippen molar-refractivity contribution >= 4 is 34.3 Å². The Morgan fingerprint density at radius 1 is 1.11 bits per heavy atom. The first-order valence-corrected chi connectivity index (χ1v) is 12.5. The third kappa shape index (κ3) is 6.45. The smallest absolute Gasteiger partial charge is 0.379 e. The molecule has 0 bridgehead atoms. The molecule has 1 saturated heterocycles. The Balaban J connectivity index is 1.49. The van der Waals surface area contributed by atoms with Crippen molar-refractivity contribution in [2.24, 2.45) is 0 Å². The van der Waals surface area contributed by atoms with Crippen molar-refractivity contribution in [3.05, 3.63) is 64.4 Å². The molecule has 1 aromatic heterocycles. The van der Waals surface area contributed by atoms with Crippen molar-refractivity contribution in [3.63, 3.8) is 0 Å². The molecule has 0 unspecified atom stereocenters. The zero-order chi connectivity index (χ0) is 25.7. The Kier molecular flexibility index (Phi) is 8.32. The number of carbonyl (C=O) groups excluding carboxylic acids is 1. The van der Waals surface area contributed by atoms with Crippen LogP contribution in [0.4, 0.5) is 18.9 Å². The number of hydrogen-bond donors (Lipinski definition) is 1. The first kappa shape index (κ1) is 26.2. The highest BCUT2D eigenvalue weighted by Crippen LogP contribution is 2.30. The molecule has 4 rings (SSSR count). The number of fused-ring (bicyclic) bond motifs is 1. The van der Waals surface area contributed by atoms with Gasteiger partial charge in [-0.2, -0.15) is 13.2 Å². The number of anilines is 1. The number of benzene rings is 2. The van der Waals surface area contributed by atoms with Crippen LogP contribution in [0.5, 0.6) is 0 Å². The van der Waals surface area contributed by atoms with Gasteiger partial charge in [-0.05, 0) is 49.7 Å². The SMILES string of the molecule is C[C@H](Sc1nc2ccccc2c(=O)n1CCCN1CCOCC1)C(=O)Nc1ccc(C(F)(F)F)cc1. The van der Waals surface area contributed by atoms with E-state index in [4.69, 9.17) is 4.74 Å². The monoisotopic (exact) mass is 520 g/mol. The second-order valence-electron chi connectivity index (χ2n) is 8.50. The van der Waals surface area contributed by atoms with Crippen LogP contribution < -0.4 is 10.9 Å². The third-order valence-corrected chi connectivity index (χ3v) is 7.01. The Labute approximate surface area is 210 Å². The number of amides is 1. The van der Waals surface area contributed by atoms with Gasteiger partial charge in [0.15, 0.2) is 5.16 Å². The highest BCUT2D eigenvalue weighted by molar-refractivity contribution is 8.00. The van der Waals surface area contributed by atoms with Crippen LogP contribution in [0.25, 0.3) is 10.9 Å². The summed E-state index contributed by atoms with van der Waals surface area (Å²) in [4.78, 5) is 33.0. The van der Waals surface area contributed by atoms with Crippen LogP contribution in [0, 0.1) is 0 Å². The lowest BCUT2D eigenvalue weighted by molar-refractivity contribution is -0.137. The predicted octanol–water partition coefficient (Wildman–Crippen LogP) is 4.26. The molecule has 0 aliphatic carbocycles. The third-order valence-electron chi connectivity index (χ3n) is 5.92. The number of para-hydroxylation sites is 1. The average molecular weight is 521 g/mol. The summed E-state index contributed by atoms with van der Waals surface area (Å²) in [5, 5.41) is 2.93. The van der Waals surface area contributed by atoms with Crippen molar-refractivity contribution in [3.8, 4) is 0 Å². The molecule has 2 aromatic carbocycles. The van der Waals surface area contributed by atoms with Gasteiger partial charge >= 0.3 is 6.18 Å². The lowest BCUT2D eigenvalue weighted by atomic mass is 10.2. The number of carbonyl (C=O) groups is 1. The summed E-state index contributed by atoms with van der Waals surface area (Å²) in [5.41, 5.74) is -0.149. The normalized spacial score (nSPS) is 15.7. The molecule has 7 nitrogen and oxygen atoms in total. The van der Waals surface area contributed by atoms with Crippen molar-refractivity contribution in [2.45, 2.75) is 36.5 Å². The van der Waals surface area contributed by atoms with Crippen LogP contribution in [-0.4, -0.2) is 58.5 Å². The molecule has 11 heteroatoms. The van der Waals surface area contributed by atoms with Crippen molar-refractivity contribution in [1.29, 1.82) is 0 Å². The quantitative estimate of drug-likeness (QED) is 0.354. The van der Waals surface area contributed by atoms with Gasteiger partial charge in [-0.1, -0.05) is 23.9 Å². The molecule has 3 aromatic rings. The van der Waals surface area contributed by atoms with Gasteiger partial charge in [-0.25, -0.2) is 4.98 Å². The van der Waals surface area contributed by atoms with Gasteiger partial charge in [0.1, 0.15) is 0 Å². The number of halogens is 3. The van der Waals surface area contributed by atoms with Gasteiger partial charge in [0, 0.05) is 31.9 Å². The number of ether oxygens (including phenoxy) is 1. The maximum absolute atomic E-state index is 13.3. The molecule has 0 spiro atoms. The van der Waals surface area contributed by atoms with E-state index in [0.29, 0.717) is 35.8 Å². The van der Waals surface area contributed by atoms with Gasteiger partial charge in [-0.3, -0.25) is 19.1 Å². The van der Waals surface area contributed by atoms with Crippen molar-refractivity contribution < 1.29 is 22.7 Å². The van der Waals surface area contributed by atoms with Gasteiger partial charge in [0.05, 0.1) is 34.9 Å². The molecule has 0 saturated carbocycles. The summed E-state index contributed by atoms with van der Waals surface area (Å²) < 4.78 is 45.4. The fourth-order valence-corrected chi connectivity index (χ4v) is 4.84. The molecular formula is C25H27F3N4O3S. The van der Waals surface area contributed by atoms with Crippen LogP contribution in [0.1, 0.15) is 18.9 Å². The second kappa shape index (κ2) is 11.4. The Morgan fingerprint density at radius 2 is 1.81 bits per heavy atom. The molecule has 1 fully saturated rings. The molecule has 36 heavy (non-hydrogen) atoms. The predicted molar refractivity (Wildman–Crippen MR) is 133 cm³/mol. The van der Waals surface area contributed by atoms with E-state index < -0.39 is 22.9 Å².